The molecule has 1 aromatic carbocycles. The molecule has 0 radical (unpaired) electrons. The zero-order valence-electron chi connectivity index (χ0n) is 11.8. The first-order valence-corrected chi connectivity index (χ1v) is 8.41. The molecule has 114 valence electrons. The molecule has 0 aliphatic carbocycles. The molecule has 1 amide bonds. The Bertz CT molecular complexity index is 665. The van der Waals surface area contributed by atoms with E-state index in [1.165, 1.54) is 29.2 Å². The van der Waals surface area contributed by atoms with Gasteiger partial charge in [0.1, 0.15) is 0 Å². The molecule has 0 saturated carbocycles. The number of likely N-dealkylation sites (tertiary alicyclic amines) is 1. The highest BCUT2D eigenvalue weighted by Crippen LogP contribution is 2.25. The topological polar surface area (TPSA) is 91.8 Å². The molecule has 6 nitrogen and oxygen atoms in total. The minimum Gasteiger partial charge on any atom is -0.481 e. The smallest absolute Gasteiger partial charge is 0.308 e. The Hall–Kier alpha value is -1.89. The summed E-state index contributed by atoms with van der Waals surface area (Å²) < 4.78 is 22.7. The molecule has 1 saturated heterocycles. The van der Waals surface area contributed by atoms with Gasteiger partial charge in [-0.3, -0.25) is 9.59 Å². The first kappa shape index (κ1) is 15.5. The fourth-order valence-corrected chi connectivity index (χ4v) is 3.11. The van der Waals surface area contributed by atoms with Crippen LogP contribution in [0.25, 0.3) is 0 Å². The Morgan fingerprint density at radius 2 is 1.76 bits per heavy atom. The van der Waals surface area contributed by atoms with Gasteiger partial charge in [-0.25, -0.2) is 8.42 Å². The van der Waals surface area contributed by atoms with Crippen molar-refractivity contribution in [3.05, 3.63) is 29.8 Å². The maximum absolute atomic E-state index is 12.3. The van der Waals surface area contributed by atoms with Gasteiger partial charge in [-0.2, -0.15) is 0 Å². The fraction of sp³-hybridized carbons (Fsp3) is 0.429. The molecule has 2 rings (SSSR count). The number of amides is 1. The quantitative estimate of drug-likeness (QED) is 0.895. The van der Waals surface area contributed by atoms with E-state index in [0.29, 0.717) is 12.1 Å². The van der Waals surface area contributed by atoms with Gasteiger partial charge >= 0.3 is 5.97 Å². The number of carboxylic acid groups (broad SMARTS) is 1. The number of carbonyl (C=O) groups is 2. The Balaban J connectivity index is 2.16. The highest BCUT2D eigenvalue weighted by Gasteiger charge is 2.37. The molecule has 1 fully saturated rings. The Kier molecular flexibility index (Phi) is 4.04. The van der Waals surface area contributed by atoms with Crippen LogP contribution in [0.15, 0.2) is 29.2 Å². The molecule has 21 heavy (non-hydrogen) atoms. The van der Waals surface area contributed by atoms with Crippen molar-refractivity contribution in [1.29, 1.82) is 0 Å². The molecule has 0 aromatic heterocycles. The van der Waals surface area contributed by atoms with Crippen LogP contribution in [-0.4, -0.2) is 49.6 Å². The molecule has 0 bridgehead atoms. The molecule has 1 N–H and O–H groups in total. The Morgan fingerprint density at radius 3 is 2.19 bits per heavy atom. The van der Waals surface area contributed by atoms with Crippen molar-refractivity contribution in [2.45, 2.75) is 11.8 Å². The van der Waals surface area contributed by atoms with Crippen molar-refractivity contribution in [3.63, 3.8) is 0 Å². The van der Waals surface area contributed by atoms with Crippen LogP contribution >= 0.6 is 0 Å². The Labute approximate surface area is 123 Å². The normalized spacial score (nSPS) is 22.3. The zero-order chi connectivity index (χ0) is 15.8. The summed E-state index contributed by atoms with van der Waals surface area (Å²) in [6, 6.07) is 5.68. The van der Waals surface area contributed by atoms with E-state index in [1.807, 2.05) is 0 Å². The van der Waals surface area contributed by atoms with Crippen LogP contribution in [-0.2, 0) is 14.6 Å². The highest BCUT2D eigenvalue weighted by molar-refractivity contribution is 7.90. The third-order valence-electron chi connectivity index (χ3n) is 3.75. The molecule has 1 heterocycles. The van der Waals surface area contributed by atoms with Gasteiger partial charge < -0.3 is 10.0 Å². The van der Waals surface area contributed by atoms with E-state index in [-0.39, 0.29) is 23.3 Å². The standard InChI is InChI=1S/C14H17NO5S/c1-9-7-15(8-12(9)14(17)18)13(16)10-3-5-11(6-4-10)21(2,19)20/h3-6,9,12H,7-8H2,1-2H3,(H,17,18). The second kappa shape index (κ2) is 5.48. The summed E-state index contributed by atoms with van der Waals surface area (Å²) in [6.07, 6.45) is 1.10. The molecule has 1 aromatic rings. The van der Waals surface area contributed by atoms with E-state index in [2.05, 4.69) is 0 Å². The summed E-state index contributed by atoms with van der Waals surface area (Å²) in [5.41, 5.74) is 0.362. The van der Waals surface area contributed by atoms with E-state index < -0.39 is 21.7 Å². The molecule has 0 spiro atoms. The van der Waals surface area contributed by atoms with E-state index in [0.717, 1.165) is 6.26 Å². The lowest BCUT2D eigenvalue weighted by atomic mass is 9.99. The minimum absolute atomic E-state index is 0.0956. The maximum Gasteiger partial charge on any atom is 0.308 e. The largest absolute Gasteiger partial charge is 0.481 e. The van der Waals surface area contributed by atoms with Gasteiger partial charge in [-0.05, 0) is 30.2 Å². The number of sulfone groups is 1. The third kappa shape index (κ3) is 3.24. The second-order valence-corrected chi connectivity index (χ2v) is 7.44. The lowest BCUT2D eigenvalue weighted by molar-refractivity contribution is -0.142. The maximum atomic E-state index is 12.3. The summed E-state index contributed by atoms with van der Waals surface area (Å²) in [7, 11) is -3.30. The highest BCUT2D eigenvalue weighted by atomic mass is 32.2. The van der Waals surface area contributed by atoms with Gasteiger partial charge in [0, 0.05) is 24.9 Å². The first-order chi connectivity index (χ1) is 9.70. The van der Waals surface area contributed by atoms with Crippen molar-refractivity contribution < 1.29 is 23.1 Å². The van der Waals surface area contributed by atoms with E-state index in [1.54, 1.807) is 6.92 Å². The third-order valence-corrected chi connectivity index (χ3v) is 4.87. The van der Waals surface area contributed by atoms with Crippen LogP contribution in [0.5, 0.6) is 0 Å². The predicted molar refractivity (Wildman–Crippen MR) is 75.7 cm³/mol. The predicted octanol–water partition coefficient (Wildman–Crippen LogP) is 0.883. The van der Waals surface area contributed by atoms with Gasteiger partial charge in [0.2, 0.25) is 0 Å². The van der Waals surface area contributed by atoms with Crippen molar-refractivity contribution >= 4 is 21.7 Å². The number of aliphatic carboxylic acids is 1. The molecule has 1 aliphatic rings. The summed E-state index contributed by atoms with van der Waals surface area (Å²) >= 11 is 0. The first-order valence-electron chi connectivity index (χ1n) is 6.52. The number of carbonyl (C=O) groups excluding carboxylic acids is 1. The van der Waals surface area contributed by atoms with Crippen molar-refractivity contribution in [2.75, 3.05) is 19.3 Å². The van der Waals surface area contributed by atoms with E-state index in [4.69, 9.17) is 5.11 Å². The average Bonchev–Trinajstić information content (AvgIpc) is 2.79. The summed E-state index contributed by atoms with van der Waals surface area (Å²) in [5.74, 6) is -1.82. The van der Waals surface area contributed by atoms with Crippen LogP contribution < -0.4 is 0 Å². The molecular weight excluding hydrogens is 294 g/mol. The number of hydrogen-bond donors (Lipinski definition) is 1. The van der Waals surface area contributed by atoms with Gasteiger partial charge in [0.05, 0.1) is 10.8 Å². The Morgan fingerprint density at radius 1 is 1.19 bits per heavy atom. The number of nitrogens with zero attached hydrogens (tertiary/aromatic N) is 1. The van der Waals surface area contributed by atoms with Crippen LogP contribution in [0.3, 0.4) is 0 Å². The molecule has 7 heteroatoms. The number of hydrogen-bond acceptors (Lipinski definition) is 4. The fourth-order valence-electron chi connectivity index (χ4n) is 2.48. The number of carboxylic acids is 1. The molecular formula is C14H17NO5S. The van der Waals surface area contributed by atoms with Gasteiger partial charge in [0.15, 0.2) is 9.84 Å². The van der Waals surface area contributed by atoms with Crippen LogP contribution in [0.4, 0.5) is 0 Å². The van der Waals surface area contributed by atoms with Crippen LogP contribution in [0.2, 0.25) is 0 Å². The summed E-state index contributed by atoms with van der Waals surface area (Å²) in [6.45, 7) is 2.38. The zero-order valence-corrected chi connectivity index (χ0v) is 12.6. The SMILES string of the molecule is CC1CN(C(=O)c2ccc(S(C)(=O)=O)cc2)CC1C(=O)O. The number of rotatable bonds is 3. The van der Waals surface area contributed by atoms with E-state index in [9.17, 15) is 18.0 Å². The van der Waals surface area contributed by atoms with Crippen molar-refractivity contribution in [2.24, 2.45) is 11.8 Å². The molecule has 2 atom stereocenters. The minimum atomic E-state index is -3.30. The van der Waals surface area contributed by atoms with Gasteiger partial charge in [0.25, 0.3) is 5.91 Å². The molecule has 2 unspecified atom stereocenters. The van der Waals surface area contributed by atoms with Crippen molar-refractivity contribution in [3.8, 4) is 0 Å². The van der Waals surface area contributed by atoms with Gasteiger partial charge in [-0.15, -0.1) is 0 Å². The monoisotopic (exact) mass is 311 g/mol. The van der Waals surface area contributed by atoms with Crippen LogP contribution in [0.1, 0.15) is 17.3 Å². The number of benzene rings is 1. The molecule has 1 aliphatic heterocycles. The van der Waals surface area contributed by atoms with Gasteiger partial charge in [-0.1, -0.05) is 6.92 Å². The lowest BCUT2D eigenvalue weighted by Gasteiger charge is -2.16. The van der Waals surface area contributed by atoms with E-state index >= 15 is 0 Å². The summed E-state index contributed by atoms with van der Waals surface area (Å²) in [5, 5.41) is 9.08. The van der Waals surface area contributed by atoms with Crippen molar-refractivity contribution in [1.82, 2.24) is 4.90 Å². The second-order valence-electron chi connectivity index (χ2n) is 5.43. The average molecular weight is 311 g/mol. The summed E-state index contributed by atoms with van der Waals surface area (Å²) in [4.78, 5) is 25.0. The van der Waals surface area contributed by atoms with Crippen LogP contribution in [0, 0.1) is 11.8 Å². The lowest BCUT2D eigenvalue weighted by Crippen LogP contribution is -2.29.